The summed E-state index contributed by atoms with van der Waals surface area (Å²) in [5, 5.41) is 10.9. The van der Waals surface area contributed by atoms with E-state index in [-0.39, 0.29) is 11.8 Å². The molecule has 4 rings (SSSR count). The van der Waals surface area contributed by atoms with Crippen molar-refractivity contribution in [3.63, 3.8) is 0 Å². The van der Waals surface area contributed by atoms with Crippen molar-refractivity contribution in [3.8, 4) is 22.2 Å². The maximum Gasteiger partial charge on any atom is 0.259 e. The molecule has 0 spiro atoms. The minimum absolute atomic E-state index is 0.161. The van der Waals surface area contributed by atoms with Crippen molar-refractivity contribution < 1.29 is 9.32 Å². The van der Waals surface area contributed by atoms with Crippen molar-refractivity contribution in [1.29, 1.82) is 0 Å². The quantitative estimate of drug-likeness (QED) is 0.776. The number of nitrogens with zero attached hydrogens (tertiary/aromatic N) is 2. The molecule has 1 aliphatic carbocycles. The van der Waals surface area contributed by atoms with Crippen LogP contribution in [0.4, 0.5) is 0 Å². The average Bonchev–Trinajstić information content (AvgIpc) is 2.99. The molecular weight excluding hydrogens is 318 g/mol. The predicted molar refractivity (Wildman–Crippen MR) is 85.5 cm³/mol. The second kappa shape index (κ2) is 5.66. The van der Waals surface area contributed by atoms with Gasteiger partial charge in [0.1, 0.15) is 0 Å². The fourth-order valence-corrected chi connectivity index (χ4v) is 3.59. The van der Waals surface area contributed by atoms with Gasteiger partial charge in [0.25, 0.3) is 5.89 Å². The minimum Gasteiger partial charge on any atom is -0.351 e. The fraction of sp³-hybridized carbons (Fsp3) is 0.267. The van der Waals surface area contributed by atoms with Crippen LogP contribution < -0.4 is 5.32 Å². The molecule has 0 atom stereocenters. The van der Waals surface area contributed by atoms with Crippen molar-refractivity contribution in [2.24, 2.45) is 5.92 Å². The molecule has 1 N–H and O–H groups in total. The molecule has 0 bridgehead atoms. The van der Waals surface area contributed by atoms with E-state index in [9.17, 15) is 4.79 Å². The first kappa shape index (κ1) is 13.7. The van der Waals surface area contributed by atoms with Gasteiger partial charge in [-0.1, -0.05) is 5.16 Å². The second-order valence-electron chi connectivity index (χ2n) is 5.19. The maximum atomic E-state index is 11.6. The van der Waals surface area contributed by atoms with Crippen LogP contribution in [0.2, 0.25) is 0 Å². The number of carbonyl (C=O) groups excluding carboxylic acids is 1. The molecule has 1 aliphatic rings. The van der Waals surface area contributed by atoms with Gasteiger partial charge in [-0.25, -0.2) is 0 Å². The highest BCUT2D eigenvalue weighted by atomic mass is 32.1. The molecule has 0 unspecified atom stereocenters. The van der Waals surface area contributed by atoms with E-state index in [1.165, 1.54) is 0 Å². The van der Waals surface area contributed by atoms with Crippen LogP contribution in [0.3, 0.4) is 0 Å². The Morgan fingerprint density at radius 1 is 1.36 bits per heavy atom. The van der Waals surface area contributed by atoms with Gasteiger partial charge in [0, 0.05) is 16.2 Å². The lowest BCUT2D eigenvalue weighted by Gasteiger charge is -2.00. The number of hydrogen-bond donors (Lipinski definition) is 1. The van der Waals surface area contributed by atoms with E-state index in [0.29, 0.717) is 18.3 Å². The molecular formula is C15H13N3O2S2. The van der Waals surface area contributed by atoms with Crippen LogP contribution in [-0.4, -0.2) is 16.0 Å². The van der Waals surface area contributed by atoms with Crippen LogP contribution in [0.15, 0.2) is 33.5 Å². The van der Waals surface area contributed by atoms with Gasteiger partial charge in [-0.15, -0.1) is 11.3 Å². The summed E-state index contributed by atoms with van der Waals surface area (Å²) in [5.74, 6) is 1.53. The smallest absolute Gasteiger partial charge is 0.259 e. The lowest BCUT2D eigenvalue weighted by Crippen LogP contribution is -2.23. The number of carbonyl (C=O) groups is 1. The van der Waals surface area contributed by atoms with Crippen molar-refractivity contribution in [3.05, 3.63) is 33.8 Å². The predicted octanol–water partition coefficient (Wildman–Crippen LogP) is 3.55. The third-order valence-electron chi connectivity index (χ3n) is 3.46. The van der Waals surface area contributed by atoms with Crippen molar-refractivity contribution in [1.82, 2.24) is 15.5 Å². The lowest BCUT2D eigenvalue weighted by atomic mass is 10.3. The van der Waals surface area contributed by atoms with E-state index >= 15 is 0 Å². The summed E-state index contributed by atoms with van der Waals surface area (Å²) < 4.78 is 5.29. The molecule has 5 nitrogen and oxygen atoms in total. The van der Waals surface area contributed by atoms with Crippen LogP contribution in [0, 0.1) is 5.92 Å². The summed E-state index contributed by atoms with van der Waals surface area (Å²) in [5.41, 5.74) is 0.942. The summed E-state index contributed by atoms with van der Waals surface area (Å²) in [4.78, 5) is 18.1. The Balaban J connectivity index is 1.45. The summed E-state index contributed by atoms with van der Waals surface area (Å²) in [6, 6.07) is 5.91. The van der Waals surface area contributed by atoms with Crippen molar-refractivity contribution >= 4 is 28.6 Å². The molecule has 0 aromatic carbocycles. The molecule has 7 heteroatoms. The number of nitrogens with one attached hydrogen (secondary N) is 1. The van der Waals surface area contributed by atoms with Crippen LogP contribution in [0.1, 0.15) is 17.7 Å². The third-order valence-corrected chi connectivity index (χ3v) is 5.23. The van der Waals surface area contributed by atoms with Gasteiger partial charge >= 0.3 is 0 Å². The summed E-state index contributed by atoms with van der Waals surface area (Å²) in [6.07, 6.45) is 2.05. The number of aromatic nitrogens is 2. The molecule has 22 heavy (non-hydrogen) atoms. The number of amides is 1. The summed E-state index contributed by atoms with van der Waals surface area (Å²) in [7, 11) is 0. The number of thiophene rings is 2. The zero-order valence-electron chi connectivity index (χ0n) is 11.6. The highest BCUT2D eigenvalue weighted by Gasteiger charge is 2.29. The highest BCUT2D eigenvalue weighted by Crippen LogP contribution is 2.30. The molecule has 1 saturated carbocycles. The monoisotopic (exact) mass is 331 g/mol. The van der Waals surface area contributed by atoms with Gasteiger partial charge in [0.2, 0.25) is 11.7 Å². The minimum atomic E-state index is 0.161. The molecule has 3 aromatic heterocycles. The van der Waals surface area contributed by atoms with E-state index in [0.717, 1.165) is 28.2 Å². The highest BCUT2D eigenvalue weighted by molar-refractivity contribution is 7.15. The lowest BCUT2D eigenvalue weighted by molar-refractivity contribution is -0.122. The fourth-order valence-electron chi connectivity index (χ4n) is 2.08. The third kappa shape index (κ3) is 2.82. The molecule has 1 fully saturated rings. The molecule has 3 heterocycles. The number of rotatable bonds is 5. The van der Waals surface area contributed by atoms with Crippen LogP contribution in [-0.2, 0) is 11.3 Å². The topological polar surface area (TPSA) is 68.0 Å². The molecule has 3 aromatic rings. The van der Waals surface area contributed by atoms with E-state index in [1.807, 2.05) is 29.0 Å². The maximum absolute atomic E-state index is 11.6. The first-order valence-electron chi connectivity index (χ1n) is 7.02. The van der Waals surface area contributed by atoms with Gasteiger partial charge in [0.05, 0.1) is 17.0 Å². The Morgan fingerprint density at radius 3 is 3.05 bits per heavy atom. The Bertz CT molecular complexity index is 787. The first-order valence-corrected chi connectivity index (χ1v) is 8.78. The Morgan fingerprint density at radius 2 is 2.27 bits per heavy atom. The van der Waals surface area contributed by atoms with E-state index < -0.39 is 0 Å². The Kier molecular flexibility index (Phi) is 3.51. The second-order valence-corrected chi connectivity index (χ2v) is 7.14. The SMILES string of the molecule is O=C(NCc1ccc(-c2noc(-c3ccsc3)n2)s1)C1CC1. The summed E-state index contributed by atoms with van der Waals surface area (Å²) in [6.45, 7) is 0.565. The van der Waals surface area contributed by atoms with Gasteiger partial charge in [-0.3, -0.25) is 4.79 Å². The van der Waals surface area contributed by atoms with Crippen LogP contribution in [0.25, 0.3) is 22.2 Å². The van der Waals surface area contributed by atoms with Gasteiger partial charge in [0.15, 0.2) is 0 Å². The van der Waals surface area contributed by atoms with E-state index in [4.69, 9.17) is 4.52 Å². The molecule has 0 saturated heterocycles. The van der Waals surface area contributed by atoms with Gasteiger partial charge in [-0.05, 0) is 36.4 Å². The molecule has 1 amide bonds. The van der Waals surface area contributed by atoms with Gasteiger partial charge in [-0.2, -0.15) is 16.3 Å². The van der Waals surface area contributed by atoms with E-state index in [1.54, 1.807) is 22.7 Å². The van der Waals surface area contributed by atoms with Crippen LogP contribution >= 0.6 is 22.7 Å². The Labute approximate surface area is 135 Å². The average molecular weight is 331 g/mol. The van der Waals surface area contributed by atoms with Crippen molar-refractivity contribution in [2.75, 3.05) is 0 Å². The molecule has 0 aliphatic heterocycles. The zero-order valence-corrected chi connectivity index (χ0v) is 13.2. The molecule has 112 valence electrons. The molecule has 0 radical (unpaired) electrons. The van der Waals surface area contributed by atoms with Crippen LogP contribution in [0.5, 0.6) is 0 Å². The standard InChI is InChI=1S/C15H13N3O2S2/c19-14(9-1-2-9)16-7-11-3-4-12(22-11)13-17-15(20-18-13)10-5-6-21-8-10/h3-6,8-9H,1-2,7H2,(H,16,19). The first-order chi connectivity index (χ1) is 10.8. The largest absolute Gasteiger partial charge is 0.351 e. The van der Waals surface area contributed by atoms with E-state index in [2.05, 4.69) is 15.5 Å². The zero-order chi connectivity index (χ0) is 14.9. The summed E-state index contributed by atoms with van der Waals surface area (Å²) >= 11 is 3.17. The van der Waals surface area contributed by atoms with Crippen molar-refractivity contribution in [2.45, 2.75) is 19.4 Å². The number of hydrogen-bond acceptors (Lipinski definition) is 6. The Hall–Kier alpha value is -1.99. The normalized spacial score (nSPS) is 14.2. The van der Waals surface area contributed by atoms with Gasteiger partial charge < -0.3 is 9.84 Å².